The highest BCUT2D eigenvalue weighted by atomic mass is 32.1. The van der Waals surface area contributed by atoms with Crippen molar-refractivity contribution in [3.63, 3.8) is 0 Å². The summed E-state index contributed by atoms with van der Waals surface area (Å²) < 4.78 is 1.39. The van der Waals surface area contributed by atoms with E-state index < -0.39 is 11.5 Å². The Kier molecular flexibility index (Phi) is 5.28. The first-order chi connectivity index (χ1) is 13.0. The van der Waals surface area contributed by atoms with Crippen molar-refractivity contribution in [1.29, 1.82) is 0 Å². The molecule has 3 rings (SSSR count). The van der Waals surface area contributed by atoms with Gasteiger partial charge in [0.15, 0.2) is 4.77 Å². The third-order valence-corrected chi connectivity index (χ3v) is 4.16. The van der Waals surface area contributed by atoms with Crippen LogP contribution < -0.4 is 11.0 Å². The number of amides is 1. The predicted octanol–water partition coefficient (Wildman–Crippen LogP) is 2.67. The molecule has 0 fully saturated rings. The topological polar surface area (TPSA) is 99.5 Å². The number of hydrogen-bond acceptors (Lipinski definition) is 5. The number of rotatable bonds is 4. The van der Waals surface area contributed by atoms with E-state index in [4.69, 9.17) is 12.2 Å². The van der Waals surface area contributed by atoms with Gasteiger partial charge in [0.25, 0.3) is 11.5 Å². The second-order valence-electron chi connectivity index (χ2n) is 5.68. The van der Waals surface area contributed by atoms with Crippen molar-refractivity contribution >= 4 is 24.3 Å². The molecule has 2 aromatic carbocycles. The van der Waals surface area contributed by atoms with E-state index in [9.17, 15) is 14.7 Å². The third kappa shape index (κ3) is 3.85. The maximum atomic E-state index is 12.2. The van der Waals surface area contributed by atoms with Crippen LogP contribution in [0.2, 0.25) is 0 Å². The minimum atomic E-state index is -0.611. The lowest BCUT2D eigenvalue weighted by Gasteiger charge is -2.13. The summed E-state index contributed by atoms with van der Waals surface area (Å²) in [5.41, 5.74) is 3.48. The largest absolute Gasteiger partial charge is 0.494 e. The van der Waals surface area contributed by atoms with Crippen molar-refractivity contribution < 1.29 is 9.90 Å². The van der Waals surface area contributed by atoms with Crippen molar-refractivity contribution in [2.24, 2.45) is 5.10 Å². The highest BCUT2D eigenvalue weighted by molar-refractivity contribution is 7.71. The molecule has 1 heterocycles. The van der Waals surface area contributed by atoms with Gasteiger partial charge >= 0.3 is 0 Å². The number of carbonyl (C=O) groups is 1. The van der Waals surface area contributed by atoms with E-state index in [1.165, 1.54) is 4.57 Å². The molecule has 27 heavy (non-hydrogen) atoms. The molecule has 0 spiro atoms. The average Bonchev–Trinajstić information content (AvgIpc) is 2.66. The minimum Gasteiger partial charge on any atom is -0.494 e. The van der Waals surface area contributed by atoms with Crippen LogP contribution in [0.15, 0.2) is 64.5 Å². The van der Waals surface area contributed by atoms with Crippen LogP contribution in [0.4, 0.5) is 0 Å². The quantitative estimate of drug-likeness (QED) is 0.368. The standard InChI is InChI=1S/C19H16N4O3S/c1-12-7-5-6-10-15(12)23-18(26)14(17(25)21-19(23)27)11-20-22-16(24)13-8-3-2-4-9-13/h2-11,26H,1H3,(H,22,24)(H,21,25,27). The second kappa shape index (κ2) is 7.79. The summed E-state index contributed by atoms with van der Waals surface area (Å²) in [6.45, 7) is 1.86. The number of carbonyl (C=O) groups excluding carboxylic acids is 1. The number of hydrogen-bond donors (Lipinski definition) is 3. The lowest BCUT2D eigenvalue weighted by atomic mass is 10.2. The third-order valence-electron chi connectivity index (χ3n) is 3.87. The van der Waals surface area contributed by atoms with Crippen LogP contribution in [0.5, 0.6) is 5.88 Å². The van der Waals surface area contributed by atoms with Gasteiger partial charge in [-0.3, -0.25) is 19.1 Å². The van der Waals surface area contributed by atoms with E-state index in [0.29, 0.717) is 11.3 Å². The number of aromatic nitrogens is 2. The minimum absolute atomic E-state index is 0.0530. The first-order valence-electron chi connectivity index (χ1n) is 8.02. The number of para-hydroxylation sites is 1. The number of benzene rings is 2. The SMILES string of the molecule is Cc1ccccc1-n1c(O)c(C=NNC(=O)c2ccccc2)c(=O)[nH]c1=S. The fourth-order valence-electron chi connectivity index (χ4n) is 2.50. The molecule has 0 aliphatic heterocycles. The average molecular weight is 380 g/mol. The van der Waals surface area contributed by atoms with Gasteiger partial charge in [0, 0.05) is 5.56 Å². The van der Waals surface area contributed by atoms with Crippen LogP contribution in [0, 0.1) is 11.7 Å². The van der Waals surface area contributed by atoms with Gasteiger partial charge in [0.05, 0.1) is 11.9 Å². The van der Waals surface area contributed by atoms with E-state index in [0.717, 1.165) is 11.8 Å². The molecular weight excluding hydrogens is 364 g/mol. The molecule has 0 bridgehead atoms. The molecule has 0 atom stereocenters. The van der Waals surface area contributed by atoms with Crippen molar-refractivity contribution in [1.82, 2.24) is 15.0 Å². The number of nitrogens with zero attached hydrogens (tertiary/aromatic N) is 2. The lowest BCUT2D eigenvalue weighted by molar-refractivity contribution is 0.0955. The molecular formula is C19H16N4O3S. The summed E-state index contributed by atoms with van der Waals surface area (Å²) >= 11 is 5.18. The molecule has 0 radical (unpaired) electrons. The maximum absolute atomic E-state index is 12.2. The molecule has 0 unspecified atom stereocenters. The van der Waals surface area contributed by atoms with Crippen molar-refractivity contribution in [2.45, 2.75) is 6.92 Å². The van der Waals surface area contributed by atoms with Gasteiger partial charge in [0.2, 0.25) is 5.88 Å². The Hall–Kier alpha value is -3.52. The Labute approximate surface area is 159 Å². The van der Waals surface area contributed by atoms with E-state index in [1.54, 1.807) is 42.5 Å². The summed E-state index contributed by atoms with van der Waals surface area (Å²) in [6, 6.07) is 15.8. The van der Waals surface area contributed by atoms with Crippen molar-refractivity contribution in [3.05, 3.63) is 86.4 Å². The lowest BCUT2D eigenvalue weighted by Crippen LogP contribution is -2.21. The molecule has 7 nitrogen and oxygen atoms in total. The molecule has 8 heteroatoms. The molecule has 0 aliphatic carbocycles. The number of aromatic hydroxyl groups is 1. The molecule has 0 saturated heterocycles. The number of H-pyrrole nitrogens is 1. The summed E-state index contributed by atoms with van der Waals surface area (Å²) in [4.78, 5) is 26.7. The van der Waals surface area contributed by atoms with E-state index in [-0.39, 0.29) is 16.2 Å². The number of nitrogens with one attached hydrogen (secondary N) is 2. The Morgan fingerprint density at radius 2 is 1.85 bits per heavy atom. The van der Waals surface area contributed by atoms with Gasteiger partial charge in [0.1, 0.15) is 5.56 Å². The van der Waals surface area contributed by atoms with Gasteiger partial charge in [-0.05, 0) is 42.9 Å². The van der Waals surface area contributed by atoms with E-state index >= 15 is 0 Å². The molecule has 1 amide bonds. The van der Waals surface area contributed by atoms with E-state index in [2.05, 4.69) is 15.5 Å². The zero-order valence-electron chi connectivity index (χ0n) is 14.3. The predicted molar refractivity (Wildman–Crippen MR) is 105 cm³/mol. The van der Waals surface area contributed by atoms with Crippen LogP contribution in [0.25, 0.3) is 5.69 Å². The second-order valence-corrected chi connectivity index (χ2v) is 6.07. The van der Waals surface area contributed by atoms with E-state index in [1.807, 2.05) is 19.1 Å². The monoisotopic (exact) mass is 380 g/mol. The number of hydrazone groups is 1. The van der Waals surface area contributed by atoms with Gasteiger partial charge < -0.3 is 5.11 Å². The fraction of sp³-hybridized carbons (Fsp3) is 0.0526. The van der Waals surface area contributed by atoms with Gasteiger partial charge in [-0.15, -0.1) is 0 Å². The van der Waals surface area contributed by atoms with Gasteiger partial charge in [-0.1, -0.05) is 36.4 Å². The van der Waals surface area contributed by atoms with Crippen LogP contribution in [-0.4, -0.2) is 26.8 Å². The highest BCUT2D eigenvalue weighted by Crippen LogP contribution is 2.21. The van der Waals surface area contributed by atoms with Gasteiger partial charge in [-0.25, -0.2) is 5.43 Å². The molecule has 136 valence electrons. The van der Waals surface area contributed by atoms with Crippen molar-refractivity contribution in [2.75, 3.05) is 0 Å². The maximum Gasteiger partial charge on any atom is 0.271 e. The first-order valence-corrected chi connectivity index (χ1v) is 8.42. The Bertz CT molecular complexity index is 1130. The number of aromatic amines is 1. The molecule has 1 aromatic heterocycles. The molecule has 3 aromatic rings. The van der Waals surface area contributed by atoms with Crippen molar-refractivity contribution in [3.8, 4) is 11.6 Å². The summed E-state index contributed by atoms with van der Waals surface area (Å²) in [5.74, 6) is -0.801. The van der Waals surface area contributed by atoms with Crippen LogP contribution in [-0.2, 0) is 0 Å². The molecule has 0 saturated carbocycles. The van der Waals surface area contributed by atoms with Crippen LogP contribution in [0.3, 0.4) is 0 Å². The zero-order chi connectivity index (χ0) is 19.4. The zero-order valence-corrected chi connectivity index (χ0v) is 15.2. The summed E-state index contributed by atoms with van der Waals surface area (Å²) in [7, 11) is 0. The Morgan fingerprint density at radius 1 is 1.19 bits per heavy atom. The Balaban J connectivity index is 1.96. The highest BCUT2D eigenvalue weighted by Gasteiger charge is 2.14. The van der Waals surface area contributed by atoms with Gasteiger partial charge in [-0.2, -0.15) is 5.10 Å². The van der Waals surface area contributed by atoms with Crippen LogP contribution >= 0.6 is 12.2 Å². The smallest absolute Gasteiger partial charge is 0.271 e. The van der Waals surface area contributed by atoms with Crippen LogP contribution in [0.1, 0.15) is 21.5 Å². The normalized spacial score (nSPS) is 10.9. The fourth-order valence-corrected chi connectivity index (χ4v) is 2.78. The summed E-state index contributed by atoms with van der Waals surface area (Å²) in [5, 5.41) is 14.4. The first kappa shape index (κ1) is 18.3. The number of aryl methyl sites for hydroxylation is 1. The molecule has 3 N–H and O–H groups in total. The Morgan fingerprint density at radius 3 is 2.56 bits per heavy atom. The summed E-state index contributed by atoms with van der Waals surface area (Å²) in [6.07, 6.45) is 1.08. The molecule has 0 aliphatic rings.